The number of aliphatic carboxylic acids is 1. The van der Waals surface area contributed by atoms with Gasteiger partial charge in [0.2, 0.25) is 0 Å². The molecule has 0 saturated carbocycles. The van der Waals surface area contributed by atoms with Gasteiger partial charge in [-0.15, -0.1) is 0 Å². The Hall–Kier alpha value is -3.43. The zero-order valence-corrected chi connectivity index (χ0v) is 19.1. The number of carboxylic acids is 1. The highest BCUT2D eigenvalue weighted by Gasteiger charge is 2.47. The topological polar surface area (TPSA) is 125 Å². The number of β-amino-alcohol motifs (C(OH)–C–C–N with tert-alkyl or cyclic N) is 1. The number of nitrogens with zero attached hydrogens (tertiary/aromatic N) is 1. The molecule has 2 amide bonds. The van der Waals surface area contributed by atoms with Crippen LogP contribution in [0.2, 0.25) is 0 Å². The maximum atomic E-state index is 13.2. The Morgan fingerprint density at radius 3 is 2.24 bits per heavy atom. The fraction of sp³-hybridized carbons (Fsp3) is 0.400. The number of benzene rings is 2. The van der Waals surface area contributed by atoms with Crippen LogP contribution in [0.5, 0.6) is 0 Å². The Bertz CT molecular complexity index is 1060. The van der Waals surface area contributed by atoms with Crippen LogP contribution >= 0.6 is 0 Å². The average molecular weight is 469 g/mol. The second-order valence-corrected chi connectivity index (χ2v) is 8.92. The van der Waals surface area contributed by atoms with E-state index in [-0.39, 0.29) is 32.1 Å². The molecule has 180 valence electrons. The second kappa shape index (κ2) is 9.44. The van der Waals surface area contributed by atoms with E-state index in [4.69, 9.17) is 9.47 Å². The first-order valence-electron chi connectivity index (χ1n) is 11.1. The van der Waals surface area contributed by atoms with E-state index >= 15 is 0 Å². The molecule has 1 fully saturated rings. The molecule has 9 heteroatoms. The molecule has 0 radical (unpaired) electrons. The molecular formula is C25H28N2O7. The highest BCUT2D eigenvalue weighted by Crippen LogP contribution is 2.44. The van der Waals surface area contributed by atoms with Crippen molar-refractivity contribution in [3.05, 3.63) is 59.7 Å². The van der Waals surface area contributed by atoms with Crippen molar-refractivity contribution in [1.82, 2.24) is 10.2 Å². The molecule has 1 saturated heterocycles. The Morgan fingerprint density at radius 1 is 1.09 bits per heavy atom. The minimum absolute atomic E-state index is 0.0668. The Balaban J connectivity index is 1.48. The van der Waals surface area contributed by atoms with E-state index in [0.29, 0.717) is 0 Å². The van der Waals surface area contributed by atoms with Gasteiger partial charge in [-0.05, 0) is 29.2 Å². The number of hydrogen-bond donors (Lipinski definition) is 3. The van der Waals surface area contributed by atoms with Gasteiger partial charge in [-0.25, -0.2) is 9.59 Å². The third kappa shape index (κ3) is 4.36. The number of hydrogen-bond acceptors (Lipinski definition) is 6. The average Bonchev–Trinajstić information content (AvgIpc) is 3.35. The lowest BCUT2D eigenvalue weighted by atomic mass is 9.98. The first-order chi connectivity index (χ1) is 16.2. The lowest BCUT2D eigenvalue weighted by Crippen LogP contribution is -2.62. The van der Waals surface area contributed by atoms with Crippen molar-refractivity contribution in [2.45, 2.75) is 36.9 Å². The third-order valence-corrected chi connectivity index (χ3v) is 6.45. The second-order valence-electron chi connectivity index (χ2n) is 8.92. The molecule has 4 rings (SSSR count). The summed E-state index contributed by atoms with van der Waals surface area (Å²) in [6, 6.07) is 14.7. The van der Waals surface area contributed by atoms with Gasteiger partial charge in [0.1, 0.15) is 18.2 Å². The van der Waals surface area contributed by atoms with E-state index in [1.54, 1.807) is 0 Å². The summed E-state index contributed by atoms with van der Waals surface area (Å²) in [4.78, 5) is 38.7. The van der Waals surface area contributed by atoms with Crippen molar-refractivity contribution in [3.63, 3.8) is 0 Å². The Labute approximate surface area is 197 Å². The minimum Gasteiger partial charge on any atom is -0.480 e. The monoisotopic (exact) mass is 468 g/mol. The SMILES string of the molecule is COCC(C)(NC(=O)OCC1c2ccccc2-c2ccccc21)C(=O)N1C[C@H](O)C[C@@H]1C(=O)O. The number of fused-ring (bicyclic) bond motifs is 3. The van der Waals surface area contributed by atoms with Crippen LogP contribution in [0.1, 0.15) is 30.4 Å². The maximum absolute atomic E-state index is 13.2. The van der Waals surface area contributed by atoms with Gasteiger partial charge in [-0.1, -0.05) is 48.5 Å². The first kappa shape index (κ1) is 23.7. The summed E-state index contributed by atoms with van der Waals surface area (Å²) in [5.41, 5.74) is 2.73. The molecule has 2 aliphatic rings. The highest BCUT2D eigenvalue weighted by molar-refractivity contribution is 5.93. The summed E-state index contributed by atoms with van der Waals surface area (Å²) < 4.78 is 10.7. The van der Waals surface area contributed by atoms with Crippen LogP contribution in [0.3, 0.4) is 0 Å². The van der Waals surface area contributed by atoms with Crippen molar-refractivity contribution in [2.24, 2.45) is 0 Å². The Kier molecular flexibility index (Phi) is 6.58. The molecule has 3 N–H and O–H groups in total. The van der Waals surface area contributed by atoms with Crippen molar-refractivity contribution in [1.29, 1.82) is 0 Å². The normalized spacial score (nSPS) is 20.9. The summed E-state index contributed by atoms with van der Waals surface area (Å²) in [7, 11) is 1.37. The number of carbonyl (C=O) groups is 3. The van der Waals surface area contributed by atoms with Crippen molar-refractivity contribution in [3.8, 4) is 11.1 Å². The predicted octanol–water partition coefficient (Wildman–Crippen LogP) is 1.98. The summed E-state index contributed by atoms with van der Waals surface area (Å²) in [5, 5.41) is 21.9. The van der Waals surface area contributed by atoms with Crippen LogP contribution in [0.15, 0.2) is 48.5 Å². The minimum atomic E-state index is -1.57. The number of ether oxygens (including phenoxy) is 2. The van der Waals surface area contributed by atoms with Crippen LogP contribution in [0.25, 0.3) is 11.1 Å². The molecular weight excluding hydrogens is 440 g/mol. The lowest BCUT2D eigenvalue weighted by Gasteiger charge is -2.34. The van der Waals surface area contributed by atoms with Crippen LogP contribution < -0.4 is 5.32 Å². The Morgan fingerprint density at radius 2 is 1.68 bits per heavy atom. The van der Waals surface area contributed by atoms with Crippen molar-refractivity contribution in [2.75, 3.05) is 26.9 Å². The number of nitrogens with one attached hydrogen (secondary N) is 1. The van der Waals surface area contributed by atoms with Gasteiger partial charge in [0, 0.05) is 26.0 Å². The molecule has 3 atom stereocenters. The van der Waals surface area contributed by atoms with E-state index in [9.17, 15) is 24.6 Å². The summed E-state index contributed by atoms with van der Waals surface area (Å²) in [5.74, 6) is -2.02. The summed E-state index contributed by atoms with van der Waals surface area (Å²) >= 11 is 0. The van der Waals surface area contributed by atoms with Gasteiger partial charge in [-0.2, -0.15) is 0 Å². The van der Waals surface area contributed by atoms with Gasteiger partial charge >= 0.3 is 12.1 Å². The molecule has 1 heterocycles. The van der Waals surface area contributed by atoms with E-state index in [1.165, 1.54) is 14.0 Å². The largest absolute Gasteiger partial charge is 0.480 e. The highest BCUT2D eigenvalue weighted by atomic mass is 16.5. The first-order valence-corrected chi connectivity index (χ1v) is 11.1. The van der Waals surface area contributed by atoms with E-state index in [2.05, 4.69) is 5.32 Å². The molecule has 1 aliphatic carbocycles. The molecule has 34 heavy (non-hydrogen) atoms. The smallest absolute Gasteiger partial charge is 0.408 e. The fourth-order valence-corrected chi connectivity index (χ4v) is 4.89. The molecule has 9 nitrogen and oxygen atoms in total. The maximum Gasteiger partial charge on any atom is 0.408 e. The molecule has 0 aromatic heterocycles. The molecule has 0 spiro atoms. The lowest BCUT2D eigenvalue weighted by molar-refractivity contribution is -0.151. The fourth-order valence-electron chi connectivity index (χ4n) is 4.89. The van der Waals surface area contributed by atoms with Crippen LogP contribution in [-0.4, -0.2) is 77.6 Å². The predicted molar refractivity (Wildman–Crippen MR) is 122 cm³/mol. The standard InChI is InChI=1S/C25H28N2O7/c1-25(14-33-2,23(31)27-12-15(28)11-21(27)22(29)30)26-24(32)34-13-20-18-9-5-3-7-16(18)17-8-4-6-10-19(17)20/h3-10,15,20-21,28H,11-14H2,1-2H3,(H,26,32)(H,29,30)/t15-,21-,25?/m1/s1. The van der Waals surface area contributed by atoms with E-state index < -0.39 is 35.7 Å². The number of aliphatic hydroxyl groups excluding tert-OH is 1. The van der Waals surface area contributed by atoms with Gasteiger partial charge in [0.05, 0.1) is 12.7 Å². The number of amides is 2. The van der Waals surface area contributed by atoms with Gasteiger partial charge in [0.15, 0.2) is 0 Å². The molecule has 0 bridgehead atoms. The number of carbonyl (C=O) groups excluding carboxylic acids is 2. The van der Waals surface area contributed by atoms with E-state index in [1.807, 2.05) is 48.5 Å². The van der Waals surface area contributed by atoms with Crippen LogP contribution in [-0.2, 0) is 19.1 Å². The number of aliphatic hydroxyl groups is 1. The number of alkyl carbamates (subject to hydrolysis) is 1. The van der Waals surface area contributed by atoms with Crippen molar-refractivity contribution < 1.29 is 34.1 Å². The summed E-state index contributed by atoms with van der Waals surface area (Å²) in [6.07, 6.45) is -1.84. The quantitative estimate of drug-likeness (QED) is 0.567. The zero-order valence-electron chi connectivity index (χ0n) is 19.1. The van der Waals surface area contributed by atoms with Crippen LogP contribution in [0, 0.1) is 0 Å². The van der Waals surface area contributed by atoms with Gasteiger partial charge < -0.3 is 29.9 Å². The van der Waals surface area contributed by atoms with Gasteiger partial charge in [0.25, 0.3) is 5.91 Å². The molecule has 1 unspecified atom stereocenters. The van der Waals surface area contributed by atoms with Crippen molar-refractivity contribution >= 4 is 18.0 Å². The molecule has 2 aromatic carbocycles. The summed E-state index contributed by atoms with van der Waals surface area (Å²) in [6.45, 7) is 1.18. The third-order valence-electron chi connectivity index (χ3n) is 6.45. The number of rotatable bonds is 7. The molecule has 2 aromatic rings. The van der Waals surface area contributed by atoms with Gasteiger partial charge in [-0.3, -0.25) is 4.79 Å². The number of carboxylic acid groups (broad SMARTS) is 1. The zero-order chi connectivity index (χ0) is 24.5. The number of methoxy groups -OCH3 is 1. The van der Waals surface area contributed by atoms with Crippen LogP contribution in [0.4, 0.5) is 4.79 Å². The number of likely N-dealkylation sites (tertiary alicyclic amines) is 1. The molecule has 1 aliphatic heterocycles. The van der Waals surface area contributed by atoms with E-state index in [0.717, 1.165) is 27.2 Å².